The summed E-state index contributed by atoms with van der Waals surface area (Å²) in [4.78, 5) is 0. The fourth-order valence-electron chi connectivity index (χ4n) is 13.3. The summed E-state index contributed by atoms with van der Waals surface area (Å²) >= 11 is 0. The molecule has 2 fully saturated rings. The van der Waals surface area contributed by atoms with Gasteiger partial charge in [-0.3, -0.25) is 0 Å². The monoisotopic (exact) mass is 703 g/mol. The molecule has 0 saturated carbocycles. The normalized spacial score (nSPS) is 21.2. The molecule has 1 aromatic rings. The zero-order valence-electron chi connectivity index (χ0n) is 35.0. The zero-order valence-corrected chi connectivity index (χ0v) is 38.6. The molecule has 0 unspecified atom stereocenters. The second-order valence-corrected chi connectivity index (χ2v) is 41.4. The maximum absolute atomic E-state index is 2.92. The highest BCUT2D eigenvalue weighted by Gasteiger charge is 2.98. The van der Waals surface area contributed by atoms with Gasteiger partial charge < -0.3 is 0 Å². The van der Waals surface area contributed by atoms with Crippen molar-refractivity contribution in [1.82, 2.24) is 0 Å². The Morgan fingerprint density at radius 2 is 0.587 bits per heavy atom. The van der Waals surface area contributed by atoms with Gasteiger partial charge in [-0.1, -0.05) is 65.8 Å². The van der Waals surface area contributed by atoms with Crippen molar-refractivity contribution in [1.29, 1.82) is 0 Å². The van der Waals surface area contributed by atoms with Gasteiger partial charge in [-0.05, 0) is 111 Å². The first-order valence-electron chi connectivity index (χ1n) is 19.3. The fourth-order valence-corrected chi connectivity index (χ4v) is 61.3. The first-order chi connectivity index (χ1) is 20.7. The van der Waals surface area contributed by atoms with Gasteiger partial charge in [0.15, 0.2) is 0 Å². The van der Waals surface area contributed by atoms with Crippen LogP contribution in [-0.4, -0.2) is 69.9 Å². The molecule has 3 rings (SSSR count). The number of rotatable bonds is 10. The maximum atomic E-state index is 2.92. The van der Waals surface area contributed by atoms with Gasteiger partial charge in [-0.25, -0.2) is 0 Å². The van der Waals surface area contributed by atoms with E-state index in [4.69, 9.17) is 0 Å². The Morgan fingerprint density at radius 1 is 0.391 bits per heavy atom. The summed E-state index contributed by atoms with van der Waals surface area (Å²) in [6, 6.07) is 10.8. The minimum Gasteiger partial charge on any atom is -0.0627 e. The highest BCUT2D eigenvalue weighted by atomic mass is 31.3. The lowest BCUT2D eigenvalue weighted by molar-refractivity contribution is 0.753. The minimum absolute atomic E-state index is 0.346. The van der Waals surface area contributed by atoms with Crippen molar-refractivity contribution in [3.8, 4) is 0 Å². The summed E-state index contributed by atoms with van der Waals surface area (Å²) in [5, 5.41) is 0.692. The Balaban J connectivity index is 2.51. The summed E-state index contributed by atoms with van der Waals surface area (Å²) in [5.41, 5.74) is 9.67. The summed E-state index contributed by atoms with van der Waals surface area (Å²) in [6.45, 7) is 58.0. The number of hydrogen-bond donors (Lipinski definition) is 0. The van der Waals surface area contributed by atoms with Crippen molar-refractivity contribution in [3.63, 3.8) is 0 Å². The quantitative estimate of drug-likeness (QED) is 0.168. The lowest BCUT2D eigenvalue weighted by Crippen LogP contribution is -2.68. The van der Waals surface area contributed by atoms with Crippen LogP contribution in [0, 0.1) is 0 Å². The molecule has 2 saturated heterocycles. The molecule has 258 valence electrons. The van der Waals surface area contributed by atoms with Crippen LogP contribution in [0.15, 0.2) is 24.3 Å². The maximum Gasteiger partial charge on any atom is 0.534 e. The fraction of sp³-hybridized carbons (Fsp3) is 0.842. The molecule has 46 heavy (non-hydrogen) atoms. The SMILES string of the molecule is CC(C)[P+]1(C(C)C)B(c2cccc(B3[P+](C(C)C)(C(C)C)B(C(C)(C)C)[P+]3(C(C)C)C(C)C)c2)[P+](C(C)C)(C(C)C)B1C(C)(C)C. The molecule has 0 radical (unpaired) electrons. The molecule has 0 spiro atoms. The minimum atomic E-state index is -1.36. The van der Waals surface area contributed by atoms with E-state index in [-0.39, 0.29) is 0 Å². The second kappa shape index (κ2) is 13.6. The van der Waals surface area contributed by atoms with Crippen molar-refractivity contribution in [2.24, 2.45) is 0 Å². The van der Waals surface area contributed by atoms with Gasteiger partial charge >= 0.3 is 24.6 Å². The Kier molecular flexibility index (Phi) is 12.3. The molecule has 2 aliphatic rings. The van der Waals surface area contributed by atoms with E-state index in [9.17, 15) is 0 Å². The summed E-state index contributed by atoms with van der Waals surface area (Å²) in [7, 11) is -5.44. The highest BCUT2D eigenvalue weighted by molar-refractivity contribution is 8.73. The van der Waals surface area contributed by atoms with E-state index in [0.29, 0.717) is 10.6 Å². The third-order valence-corrected chi connectivity index (χ3v) is 48.6. The standard InChI is InChI=1S/C38H78B4P4/c1-27(2)43(28(3)4)39(44(29(5)6,30(7)8)41(43)37(17,18)19)35-24-23-25-36(26-35)40-45(31(9)10,32(11)12)42(38(20,21)22)46(40,33(13)14)34(15)16/h23-34H,1-22H3/q+4. The molecule has 0 aromatic heterocycles. The van der Waals surface area contributed by atoms with E-state index < -0.39 is 28.1 Å². The second-order valence-electron chi connectivity index (χ2n) is 20.2. The first kappa shape index (κ1) is 41.6. The topological polar surface area (TPSA) is 0 Å². The molecular weight excluding hydrogens is 624 g/mol. The Bertz CT molecular complexity index is 1030. The lowest BCUT2D eigenvalue weighted by atomic mass is 9.70. The average Bonchev–Trinajstić information content (AvgIpc) is 2.80. The molecule has 0 bridgehead atoms. The lowest BCUT2D eigenvalue weighted by Gasteiger charge is -2.62. The molecular formula is C38H78B4P4+4. The van der Waals surface area contributed by atoms with E-state index in [0.717, 1.165) is 69.9 Å². The first-order valence-corrected chi connectivity index (χ1v) is 27.6. The third kappa shape index (κ3) is 5.46. The summed E-state index contributed by atoms with van der Waals surface area (Å²) < 4.78 is 0. The third-order valence-electron chi connectivity index (χ3n) is 13.6. The van der Waals surface area contributed by atoms with Crippen LogP contribution in [-0.2, 0) is 0 Å². The summed E-state index contributed by atoms with van der Waals surface area (Å²) in [6.07, 6.45) is 3.37. The Labute approximate surface area is 294 Å². The van der Waals surface area contributed by atoms with Crippen LogP contribution in [0.3, 0.4) is 0 Å². The predicted octanol–water partition coefficient (Wildman–Crippen LogP) is 13.0. The van der Waals surface area contributed by atoms with Gasteiger partial charge in [-0.15, -0.1) is 0 Å². The van der Waals surface area contributed by atoms with E-state index in [1.165, 1.54) is 0 Å². The van der Waals surface area contributed by atoms with Crippen LogP contribution in [0.5, 0.6) is 0 Å². The largest absolute Gasteiger partial charge is 0.534 e. The predicted molar refractivity (Wildman–Crippen MR) is 237 cm³/mol. The van der Waals surface area contributed by atoms with Crippen LogP contribution >= 0.6 is 28.1 Å². The van der Waals surface area contributed by atoms with E-state index in [1.807, 2.05) is 0 Å². The van der Waals surface area contributed by atoms with Crippen LogP contribution in [0.2, 0.25) is 10.6 Å². The number of hydrogen-bond acceptors (Lipinski definition) is 0. The smallest absolute Gasteiger partial charge is 0.0627 e. The zero-order chi connectivity index (χ0) is 35.9. The van der Waals surface area contributed by atoms with Gasteiger partial charge in [0.05, 0.1) is 0 Å². The van der Waals surface area contributed by atoms with Crippen molar-refractivity contribution >= 4 is 63.6 Å². The molecule has 0 N–H and O–H groups in total. The molecule has 0 atom stereocenters. The molecule has 2 heterocycles. The summed E-state index contributed by atoms with van der Waals surface area (Å²) in [5.74, 6) is 0. The van der Waals surface area contributed by atoms with Crippen molar-refractivity contribution in [3.05, 3.63) is 24.3 Å². The van der Waals surface area contributed by atoms with Crippen LogP contribution in [0.4, 0.5) is 0 Å². The highest BCUT2D eigenvalue weighted by Crippen LogP contribution is 3.04. The van der Waals surface area contributed by atoms with E-state index >= 15 is 0 Å². The molecule has 0 aliphatic carbocycles. The average molecular weight is 702 g/mol. The molecule has 0 nitrogen and oxygen atoms in total. The van der Waals surface area contributed by atoms with Crippen molar-refractivity contribution in [2.45, 2.75) is 208 Å². The van der Waals surface area contributed by atoms with Crippen LogP contribution in [0.25, 0.3) is 0 Å². The van der Waals surface area contributed by atoms with Gasteiger partial charge in [0.2, 0.25) is 0 Å². The van der Waals surface area contributed by atoms with Crippen molar-refractivity contribution < 1.29 is 0 Å². The Morgan fingerprint density at radius 3 is 0.739 bits per heavy atom. The molecule has 1 aromatic carbocycles. The molecule has 0 amide bonds. The van der Waals surface area contributed by atoms with Crippen LogP contribution < -0.4 is 10.9 Å². The van der Waals surface area contributed by atoms with E-state index in [2.05, 4.69) is 177 Å². The van der Waals surface area contributed by atoms with E-state index in [1.54, 1.807) is 10.9 Å². The van der Waals surface area contributed by atoms with Gasteiger partial charge in [0.1, 0.15) is 0 Å². The number of benzene rings is 1. The van der Waals surface area contributed by atoms with Gasteiger partial charge in [0.25, 0.3) is 0 Å². The van der Waals surface area contributed by atoms with Crippen LogP contribution in [0.1, 0.15) is 152 Å². The molecule has 8 heteroatoms. The van der Waals surface area contributed by atoms with Crippen molar-refractivity contribution in [2.75, 3.05) is 0 Å². The molecule has 2 aliphatic heterocycles. The van der Waals surface area contributed by atoms with Gasteiger partial charge in [0, 0.05) is 94.9 Å². The van der Waals surface area contributed by atoms with Gasteiger partial charge in [-0.2, -0.15) is 0 Å². The Hall–Kier alpha value is 1.20.